The van der Waals surface area contributed by atoms with Gasteiger partial charge in [0.05, 0.1) is 0 Å². The quantitative estimate of drug-likeness (QED) is 0.456. The monoisotopic (exact) mass is 89.1 g/mol. The summed E-state index contributed by atoms with van der Waals surface area (Å²) in [6.45, 7) is 2.86. The van der Waals surface area contributed by atoms with Gasteiger partial charge in [-0.1, -0.05) is 6.58 Å². The maximum absolute atomic E-state index is 11.2. The summed E-state index contributed by atoms with van der Waals surface area (Å²) < 4.78 is 11.2. The first-order valence-electron chi connectivity index (χ1n) is 1.70. The lowest BCUT2D eigenvalue weighted by Crippen LogP contribution is -2.05. The first-order chi connectivity index (χ1) is 2.81. The van der Waals surface area contributed by atoms with Crippen molar-refractivity contribution in [2.45, 2.75) is 0 Å². The second-order valence-electron chi connectivity index (χ2n) is 1.06. The van der Waals surface area contributed by atoms with Gasteiger partial charge in [0.1, 0.15) is 0 Å². The third-order valence-electron chi connectivity index (χ3n) is 0.500. The standard InChI is InChI=1S/C4H8FN/c1-3-6(2)4-5/h3H,1,4H2,2H3. The number of nitrogens with zero attached hydrogens (tertiary/aromatic N) is 1. The summed E-state index contributed by atoms with van der Waals surface area (Å²) in [4.78, 5) is 1.35. The molecule has 0 N–H and O–H groups in total. The Morgan fingerprint density at radius 1 is 2.00 bits per heavy atom. The Morgan fingerprint density at radius 2 is 2.50 bits per heavy atom. The van der Waals surface area contributed by atoms with E-state index < -0.39 is 6.80 Å². The van der Waals surface area contributed by atoms with Crippen LogP contribution in [0.2, 0.25) is 0 Å². The number of alkyl halides is 1. The molecule has 0 unspecified atom stereocenters. The highest BCUT2D eigenvalue weighted by Crippen LogP contribution is 1.77. The van der Waals surface area contributed by atoms with Gasteiger partial charge >= 0.3 is 0 Å². The molecule has 0 rings (SSSR count). The molecular formula is C4H8FN. The number of rotatable bonds is 2. The Labute approximate surface area is 37.1 Å². The van der Waals surface area contributed by atoms with E-state index in [1.807, 2.05) is 0 Å². The fourth-order valence-corrected chi connectivity index (χ4v) is 0.0488. The Hall–Kier alpha value is -0.530. The van der Waals surface area contributed by atoms with Gasteiger partial charge in [-0.05, 0) is 6.20 Å². The van der Waals surface area contributed by atoms with Crippen LogP contribution < -0.4 is 0 Å². The number of hydrogen-bond donors (Lipinski definition) is 0. The van der Waals surface area contributed by atoms with Crippen LogP contribution in [0.1, 0.15) is 0 Å². The van der Waals surface area contributed by atoms with Crippen molar-refractivity contribution < 1.29 is 4.39 Å². The molecule has 36 valence electrons. The summed E-state index contributed by atoms with van der Waals surface area (Å²) in [6, 6.07) is 0. The van der Waals surface area contributed by atoms with E-state index in [1.54, 1.807) is 7.05 Å². The van der Waals surface area contributed by atoms with E-state index in [9.17, 15) is 4.39 Å². The molecule has 0 bridgehead atoms. The van der Waals surface area contributed by atoms with E-state index in [1.165, 1.54) is 11.1 Å². The second-order valence-corrected chi connectivity index (χ2v) is 1.06. The van der Waals surface area contributed by atoms with E-state index >= 15 is 0 Å². The van der Waals surface area contributed by atoms with Crippen molar-refractivity contribution >= 4 is 0 Å². The van der Waals surface area contributed by atoms with E-state index in [0.717, 1.165) is 0 Å². The molecule has 0 heterocycles. The largest absolute Gasteiger partial charge is 0.354 e. The van der Waals surface area contributed by atoms with E-state index in [0.29, 0.717) is 0 Å². The molecule has 0 fully saturated rings. The summed E-state index contributed by atoms with van der Waals surface area (Å²) in [6.07, 6.45) is 1.43. The number of halogens is 1. The minimum absolute atomic E-state index is 0.455. The van der Waals surface area contributed by atoms with Crippen LogP contribution in [0.4, 0.5) is 4.39 Å². The van der Waals surface area contributed by atoms with Gasteiger partial charge in [0.25, 0.3) is 0 Å². The molecule has 0 atom stereocenters. The Balaban J connectivity index is 2.96. The fraction of sp³-hybridized carbons (Fsp3) is 0.500. The number of hydrogen-bond acceptors (Lipinski definition) is 1. The average Bonchev–Trinajstić information content (AvgIpc) is 1.65. The van der Waals surface area contributed by atoms with Crippen molar-refractivity contribution in [3.8, 4) is 0 Å². The summed E-state index contributed by atoms with van der Waals surface area (Å²) in [5, 5.41) is 0. The molecule has 0 aromatic carbocycles. The molecule has 0 aliphatic heterocycles. The van der Waals surface area contributed by atoms with Gasteiger partial charge < -0.3 is 4.90 Å². The van der Waals surface area contributed by atoms with Gasteiger partial charge in [-0.15, -0.1) is 0 Å². The lowest BCUT2D eigenvalue weighted by molar-refractivity contribution is 0.294. The van der Waals surface area contributed by atoms with Gasteiger partial charge in [-0.25, -0.2) is 4.39 Å². The third-order valence-corrected chi connectivity index (χ3v) is 0.500. The van der Waals surface area contributed by atoms with Crippen LogP contribution in [0.5, 0.6) is 0 Å². The average molecular weight is 89.1 g/mol. The highest BCUT2D eigenvalue weighted by molar-refractivity contribution is 4.60. The first kappa shape index (κ1) is 5.47. The van der Waals surface area contributed by atoms with Crippen LogP contribution in [-0.2, 0) is 0 Å². The molecule has 1 nitrogen and oxygen atoms in total. The molecule has 0 saturated heterocycles. The Bertz CT molecular complexity index is 44.8. The van der Waals surface area contributed by atoms with Gasteiger partial charge in [-0.3, -0.25) is 0 Å². The molecule has 0 saturated carbocycles. The second kappa shape index (κ2) is 2.69. The van der Waals surface area contributed by atoms with Crippen LogP contribution in [0, 0.1) is 0 Å². The molecule has 0 radical (unpaired) electrons. The fourth-order valence-electron chi connectivity index (χ4n) is 0.0488. The molecule has 0 aromatic rings. The van der Waals surface area contributed by atoms with Crippen LogP contribution in [-0.4, -0.2) is 18.7 Å². The van der Waals surface area contributed by atoms with Gasteiger partial charge in [0.2, 0.25) is 0 Å². The Kier molecular flexibility index (Phi) is 2.46. The summed E-state index contributed by atoms with van der Waals surface area (Å²) in [7, 11) is 1.62. The smallest absolute Gasteiger partial charge is 0.161 e. The highest BCUT2D eigenvalue weighted by Gasteiger charge is 1.78. The van der Waals surface area contributed by atoms with E-state index in [-0.39, 0.29) is 0 Å². The van der Waals surface area contributed by atoms with Gasteiger partial charge in [-0.2, -0.15) is 0 Å². The maximum Gasteiger partial charge on any atom is 0.161 e. The molecule has 0 aliphatic carbocycles. The lowest BCUT2D eigenvalue weighted by Gasteiger charge is -2.03. The summed E-state index contributed by atoms with van der Waals surface area (Å²) >= 11 is 0. The summed E-state index contributed by atoms with van der Waals surface area (Å²) in [5.41, 5.74) is 0. The predicted molar refractivity (Wildman–Crippen MR) is 23.9 cm³/mol. The van der Waals surface area contributed by atoms with Crippen LogP contribution >= 0.6 is 0 Å². The minimum Gasteiger partial charge on any atom is -0.354 e. The van der Waals surface area contributed by atoms with E-state index in [4.69, 9.17) is 0 Å². The van der Waals surface area contributed by atoms with Crippen molar-refractivity contribution in [3.05, 3.63) is 12.8 Å². The van der Waals surface area contributed by atoms with Crippen LogP contribution in [0.25, 0.3) is 0 Å². The van der Waals surface area contributed by atoms with Crippen molar-refractivity contribution in [2.24, 2.45) is 0 Å². The zero-order chi connectivity index (χ0) is 4.99. The van der Waals surface area contributed by atoms with Crippen molar-refractivity contribution in [1.29, 1.82) is 0 Å². The minimum atomic E-state index is -0.455. The lowest BCUT2D eigenvalue weighted by atomic mass is 10.8. The predicted octanol–water partition coefficient (Wildman–Crippen LogP) is 0.989. The van der Waals surface area contributed by atoms with Crippen molar-refractivity contribution in [2.75, 3.05) is 13.8 Å². The molecule has 0 amide bonds. The van der Waals surface area contributed by atoms with Crippen LogP contribution in [0.3, 0.4) is 0 Å². The van der Waals surface area contributed by atoms with Gasteiger partial charge in [0.15, 0.2) is 6.80 Å². The van der Waals surface area contributed by atoms with Gasteiger partial charge in [0, 0.05) is 7.05 Å². The van der Waals surface area contributed by atoms with Crippen LogP contribution in [0.15, 0.2) is 12.8 Å². The molecule has 0 aliphatic rings. The zero-order valence-corrected chi connectivity index (χ0v) is 3.82. The molecular weight excluding hydrogens is 81.0 g/mol. The molecule has 0 spiro atoms. The topological polar surface area (TPSA) is 3.24 Å². The van der Waals surface area contributed by atoms with Crippen molar-refractivity contribution in [1.82, 2.24) is 4.90 Å². The summed E-state index contributed by atoms with van der Waals surface area (Å²) in [5.74, 6) is 0. The highest BCUT2D eigenvalue weighted by atomic mass is 19.1. The maximum atomic E-state index is 11.2. The van der Waals surface area contributed by atoms with E-state index in [2.05, 4.69) is 6.58 Å². The SMILES string of the molecule is C=CN(C)CF. The molecule has 0 aromatic heterocycles. The molecule has 6 heavy (non-hydrogen) atoms. The van der Waals surface area contributed by atoms with Crippen molar-refractivity contribution in [3.63, 3.8) is 0 Å². The third kappa shape index (κ3) is 1.76. The molecule has 2 heteroatoms. The first-order valence-corrected chi connectivity index (χ1v) is 1.70. The Morgan fingerprint density at radius 3 is 2.50 bits per heavy atom. The normalized spacial score (nSPS) is 7.67. The zero-order valence-electron chi connectivity index (χ0n) is 3.82.